The summed E-state index contributed by atoms with van der Waals surface area (Å²) >= 11 is 0. The van der Waals surface area contributed by atoms with Gasteiger partial charge in [-0.15, -0.1) is 0 Å². The van der Waals surface area contributed by atoms with Crippen LogP contribution in [0.2, 0.25) is 0 Å². The summed E-state index contributed by atoms with van der Waals surface area (Å²) in [6, 6.07) is 0.722. The average Bonchev–Trinajstić information content (AvgIpc) is 2.71. The number of rotatable bonds is 7. The number of hydrogen-bond acceptors (Lipinski definition) is 4. The fourth-order valence-electron chi connectivity index (χ4n) is 2.53. The third-order valence-corrected chi connectivity index (χ3v) is 3.82. The van der Waals surface area contributed by atoms with Crippen LogP contribution in [-0.4, -0.2) is 42.1 Å². The normalized spacial score (nSPS) is 23.9. The molecule has 2 unspecified atom stereocenters. The Bertz CT molecular complexity index is 267. The zero-order chi connectivity index (χ0) is 13.6. The van der Waals surface area contributed by atoms with Gasteiger partial charge >= 0.3 is 5.97 Å². The van der Waals surface area contributed by atoms with Crippen molar-refractivity contribution in [3.05, 3.63) is 0 Å². The van der Waals surface area contributed by atoms with E-state index in [1.165, 1.54) is 19.4 Å². The number of esters is 1. The highest BCUT2D eigenvalue weighted by Crippen LogP contribution is 2.18. The van der Waals surface area contributed by atoms with Crippen LogP contribution < -0.4 is 5.73 Å². The summed E-state index contributed by atoms with van der Waals surface area (Å²) in [6.45, 7) is 8.61. The average molecular weight is 256 g/mol. The van der Waals surface area contributed by atoms with Crippen LogP contribution in [0.4, 0.5) is 0 Å². The molecule has 1 aliphatic heterocycles. The molecule has 2 N–H and O–H groups in total. The first-order valence-corrected chi connectivity index (χ1v) is 7.17. The van der Waals surface area contributed by atoms with Gasteiger partial charge < -0.3 is 15.4 Å². The molecule has 0 aromatic heterocycles. The minimum Gasteiger partial charge on any atom is -0.465 e. The summed E-state index contributed by atoms with van der Waals surface area (Å²) in [5, 5.41) is 0. The lowest BCUT2D eigenvalue weighted by Crippen LogP contribution is -2.46. The molecule has 18 heavy (non-hydrogen) atoms. The molecule has 4 nitrogen and oxygen atoms in total. The van der Waals surface area contributed by atoms with Gasteiger partial charge in [0.15, 0.2) is 0 Å². The molecule has 0 aliphatic carbocycles. The Labute approximate surface area is 111 Å². The van der Waals surface area contributed by atoms with Gasteiger partial charge in [0.25, 0.3) is 0 Å². The number of carbonyl (C=O) groups is 1. The Morgan fingerprint density at radius 3 is 2.78 bits per heavy atom. The first kappa shape index (κ1) is 15.4. The molecule has 0 spiro atoms. The van der Waals surface area contributed by atoms with Crippen LogP contribution in [0, 0.1) is 0 Å². The van der Waals surface area contributed by atoms with E-state index >= 15 is 0 Å². The van der Waals surface area contributed by atoms with E-state index in [9.17, 15) is 4.79 Å². The van der Waals surface area contributed by atoms with Crippen molar-refractivity contribution >= 4 is 5.97 Å². The fraction of sp³-hybridized carbons (Fsp3) is 0.929. The standard InChI is InChI=1S/C14H28N2O2/c1-4-18-13(17)14(3,15)9-5-6-10-16-11-7-8-12(16)2/h12H,4-11,15H2,1-3H3. The second-order valence-electron chi connectivity index (χ2n) is 5.62. The predicted octanol–water partition coefficient (Wildman–Crippen LogP) is 1.92. The second kappa shape index (κ2) is 7.10. The van der Waals surface area contributed by atoms with Crippen LogP contribution in [-0.2, 0) is 9.53 Å². The highest BCUT2D eigenvalue weighted by Gasteiger charge is 2.29. The first-order chi connectivity index (χ1) is 8.47. The summed E-state index contributed by atoms with van der Waals surface area (Å²) in [5.41, 5.74) is 5.15. The van der Waals surface area contributed by atoms with Crippen molar-refractivity contribution in [3.63, 3.8) is 0 Å². The Balaban J connectivity index is 2.18. The van der Waals surface area contributed by atoms with E-state index in [4.69, 9.17) is 10.5 Å². The Kier molecular flexibility index (Phi) is 6.09. The van der Waals surface area contributed by atoms with E-state index in [-0.39, 0.29) is 5.97 Å². The summed E-state index contributed by atoms with van der Waals surface area (Å²) in [4.78, 5) is 14.1. The van der Waals surface area contributed by atoms with Gasteiger partial charge in [-0.2, -0.15) is 0 Å². The molecule has 0 aromatic rings. The number of unbranched alkanes of at least 4 members (excludes halogenated alkanes) is 1. The van der Waals surface area contributed by atoms with Crippen molar-refractivity contribution in [2.75, 3.05) is 19.7 Å². The summed E-state index contributed by atoms with van der Waals surface area (Å²) in [7, 11) is 0. The first-order valence-electron chi connectivity index (χ1n) is 7.17. The second-order valence-corrected chi connectivity index (χ2v) is 5.62. The zero-order valence-corrected chi connectivity index (χ0v) is 12.1. The molecular formula is C14H28N2O2. The van der Waals surface area contributed by atoms with Crippen molar-refractivity contribution in [2.45, 2.75) is 64.5 Å². The summed E-state index contributed by atoms with van der Waals surface area (Å²) in [6.07, 6.45) is 5.43. The molecule has 1 saturated heterocycles. The van der Waals surface area contributed by atoms with Crippen LogP contribution in [0.1, 0.15) is 52.9 Å². The maximum Gasteiger partial charge on any atom is 0.325 e. The summed E-state index contributed by atoms with van der Waals surface area (Å²) < 4.78 is 4.98. The van der Waals surface area contributed by atoms with Gasteiger partial charge in [-0.05, 0) is 66.0 Å². The number of nitrogens with two attached hydrogens (primary N) is 1. The van der Waals surface area contributed by atoms with Crippen LogP contribution in [0.15, 0.2) is 0 Å². The van der Waals surface area contributed by atoms with Gasteiger partial charge in [0.2, 0.25) is 0 Å². The minimum atomic E-state index is -0.827. The Morgan fingerprint density at radius 1 is 1.50 bits per heavy atom. The third kappa shape index (κ3) is 4.58. The molecule has 1 fully saturated rings. The molecule has 0 radical (unpaired) electrons. The molecule has 0 amide bonds. The van der Waals surface area contributed by atoms with Gasteiger partial charge in [-0.25, -0.2) is 0 Å². The van der Waals surface area contributed by atoms with Crippen molar-refractivity contribution in [3.8, 4) is 0 Å². The van der Waals surface area contributed by atoms with Gasteiger partial charge in [-0.3, -0.25) is 4.79 Å². The number of likely N-dealkylation sites (tertiary alicyclic amines) is 1. The van der Waals surface area contributed by atoms with E-state index in [2.05, 4.69) is 11.8 Å². The lowest BCUT2D eigenvalue weighted by atomic mass is 9.96. The molecule has 1 aliphatic rings. The highest BCUT2D eigenvalue weighted by atomic mass is 16.5. The van der Waals surface area contributed by atoms with Crippen molar-refractivity contribution in [1.29, 1.82) is 0 Å². The molecule has 1 rings (SSSR count). The van der Waals surface area contributed by atoms with Crippen LogP contribution in [0.5, 0.6) is 0 Å². The molecule has 0 bridgehead atoms. The van der Waals surface area contributed by atoms with Crippen LogP contribution in [0.3, 0.4) is 0 Å². The monoisotopic (exact) mass is 256 g/mol. The van der Waals surface area contributed by atoms with Crippen LogP contribution >= 0.6 is 0 Å². The molecule has 106 valence electrons. The summed E-state index contributed by atoms with van der Waals surface area (Å²) in [5.74, 6) is -0.278. The predicted molar refractivity (Wildman–Crippen MR) is 73.3 cm³/mol. The molecule has 4 heteroatoms. The molecular weight excluding hydrogens is 228 g/mol. The maximum absolute atomic E-state index is 11.6. The SMILES string of the molecule is CCOC(=O)C(C)(N)CCCCN1CCCC1C. The number of ether oxygens (including phenoxy) is 1. The Hall–Kier alpha value is -0.610. The number of nitrogens with zero attached hydrogens (tertiary/aromatic N) is 1. The lowest BCUT2D eigenvalue weighted by molar-refractivity contribution is -0.149. The molecule has 1 heterocycles. The quantitative estimate of drug-likeness (QED) is 0.558. The number of carbonyl (C=O) groups excluding carboxylic acids is 1. The lowest BCUT2D eigenvalue weighted by Gasteiger charge is -2.24. The van der Waals surface area contributed by atoms with E-state index in [0.717, 1.165) is 25.4 Å². The largest absolute Gasteiger partial charge is 0.465 e. The van der Waals surface area contributed by atoms with E-state index in [1.807, 2.05) is 6.92 Å². The third-order valence-electron chi connectivity index (χ3n) is 3.82. The smallest absolute Gasteiger partial charge is 0.325 e. The number of hydrogen-bond donors (Lipinski definition) is 1. The van der Waals surface area contributed by atoms with Gasteiger partial charge in [0, 0.05) is 6.04 Å². The molecule has 0 aromatic carbocycles. The van der Waals surface area contributed by atoms with E-state index in [0.29, 0.717) is 13.0 Å². The van der Waals surface area contributed by atoms with Crippen molar-refractivity contribution in [1.82, 2.24) is 4.90 Å². The fourth-order valence-corrected chi connectivity index (χ4v) is 2.53. The van der Waals surface area contributed by atoms with Gasteiger partial charge in [-0.1, -0.05) is 0 Å². The van der Waals surface area contributed by atoms with Crippen LogP contribution in [0.25, 0.3) is 0 Å². The van der Waals surface area contributed by atoms with Crippen molar-refractivity contribution < 1.29 is 9.53 Å². The Morgan fingerprint density at radius 2 is 2.22 bits per heavy atom. The van der Waals surface area contributed by atoms with E-state index < -0.39 is 5.54 Å². The molecule has 2 atom stereocenters. The van der Waals surface area contributed by atoms with Gasteiger partial charge in [0.1, 0.15) is 5.54 Å². The minimum absolute atomic E-state index is 0.278. The highest BCUT2D eigenvalue weighted by molar-refractivity contribution is 5.79. The van der Waals surface area contributed by atoms with E-state index in [1.54, 1.807) is 6.92 Å². The molecule has 0 saturated carbocycles. The van der Waals surface area contributed by atoms with Gasteiger partial charge in [0.05, 0.1) is 6.61 Å². The maximum atomic E-state index is 11.6. The zero-order valence-electron chi connectivity index (χ0n) is 12.1. The van der Waals surface area contributed by atoms with Crippen molar-refractivity contribution in [2.24, 2.45) is 5.73 Å². The topological polar surface area (TPSA) is 55.6 Å².